The number of para-hydroxylation sites is 1. The number of aromatic hydroxyl groups is 2. The minimum absolute atomic E-state index is 0.00371. The molecule has 3 heteroatoms. The molecule has 0 aromatic heterocycles. The fourth-order valence-electron chi connectivity index (χ4n) is 2.78. The summed E-state index contributed by atoms with van der Waals surface area (Å²) in [4.78, 5) is 0. The molecule has 0 saturated heterocycles. The lowest BCUT2D eigenvalue weighted by molar-refractivity contribution is 0.398. The van der Waals surface area contributed by atoms with Gasteiger partial charge in [-0.3, -0.25) is 0 Å². The van der Waals surface area contributed by atoms with Crippen LogP contribution >= 0.6 is 22.6 Å². The second kappa shape index (κ2) is 13.0. The third kappa shape index (κ3) is 8.86. The van der Waals surface area contributed by atoms with Crippen LogP contribution in [0, 0.1) is 0 Å². The lowest BCUT2D eigenvalue weighted by Crippen LogP contribution is -1.88. The molecule has 2 N–H and O–H groups in total. The molecule has 0 fully saturated rings. The largest absolute Gasteiger partial charge is 0.504 e. The van der Waals surface area contributed by atoms with E-state index in [-0.39, 0.29) is 11.5 Å². The van der Waals surface area contributed by atoms with Gasteiger partial charge in [-0.25, -0.2) is 0 Å². The molecular formula is C19H31IO2. The summed E-state index contributed by atoms with van der Waals surface area (Å²) in [5.41, 5.74) is 0.867. The maximum atomic E-state index is 9.72. The molecule has 0 spiro atoms. The van der Waals surface area contributed by atoms with Crippen LogP contribution < -0.4 is 0 Å². The molecule has 126 valence electrons. The van der Waals surface area contributed by atoms with Crippen molar-refractivity contribution < 1.29 is 10.2 Å². The van der Waals surface area contributed by atoms with Crippen molar-refractivity contribution in [1.82, 2.24) is 0 Å². The summed E-state index contributed by atoms with van der Waals surface area (Å²) in [6.07, 6.45) is 15.5. The molecular weight excluding hydrogens is 387 g/mol. The normalized spacial score (nSPS) is 11.0. The average molecular weight is 418 g/mol. The van der Waals surface area contributed by atoms with Gasteiger partial charge in [0.15, 0.2) is 11.5 Å². The van der Waals surface area contributed by atoms with E-state index in [9.17, 15) is 10.2 Å². The van der Waals surface area contributed by atoms with Gasteiger partial charge in [0.25, 0.3) is 0 Å². The first kappa shape index (κ1) is 19.6. The minimum atomic E-state index is -0.00371. The zero-order valence-corrected chi connectivity index (χ0v) is 15.9. The quantitative estimate of drug-likeness (QED) is 0.169. The fourth-order valence-corrected chi connectivity index (χ4v) is 3.32. The van der Waals surface area contributed by atoms with Gasteiger partial charge in [0, 0.05) is 0 Å². The van der Waals surface area contributed by atoms with Crippen LogP contribution in [0.5, 0.6) is 11.5 Å². The zero-order chi connectivity index (χ0) is 16.0. The minimum Gasteiger partial charge on any atom is -0.504 e. The molecule has 0 radical (unpaired) electrons. The maximum absolute atomic E-state index is 9.72. The monoisotopic (exact) mass is 418 g/mol. The summed E-state index contributed by atoms with van der Waals surface area (Å²) < 4.78 is 1.30. The van der Waals surface area contributed by atoms with Crippen molar-refractivity contribution >= 4 is 22.6 Å². The molecule has 0 amide bonds. The van der Waals surface area contributed by atoms with Crippen LogP contribution in [0.1, 0.15) is 76.2 Å². The smallest absolute Gasteiger partial charge is 0.160 e. The van der Waals surface area contributed by atoms with Crippen LogP contribution in [0.4, 0.5) is 0 Å². The molecule has 1 rings (SSSR count). The van der Waals surface area contributed by atoms with E-state index >= 15 is 0 Å². The highest BCUT2D eigenvalue weighted by Crippen LogP contribution is 2.29. The Bertz CT molecular complexity index is 393. The Morgan fingerprint density at radius 3 is 1.73 bits per heavy atom. The number of alkyl halides is 1. The topological polar surface area (TPSA) is 40.5 Å². The van der Waals surface area contributed by atoms with Crippen molar-refractivity contribution in [2.45, 2.75) is 77.0 Å². The van der Waals surface area contributed by atoms with E-state index in [1.54, 1.807) is 6.07 Å². The highest BCUT2D eigenvalue weighted by Gasteiger charge is 2.04. The van der Waals surface area contributed by atoms with Crippen molar-refractivity contribution in [2.75, 3.05) is 4.43 Å². The Hall–Kier alpha value is -0.450. The molecule has 0 saturated carbocycles. The number of rotatable bonds is 13. The van der Waals surface area contributed by atoms with Crippen molar-refractivity contribution in [3.63, 3.8) is 0 Å². The number of aryl methyl sites for hydroxylation is 1. The Labute approximate surface area is 149 Å². The molecule has 1 aromatic carbocycles. The number of hydrogen-bond acceptors (Lipinski definition) is 2. The van der Waals surface area contributed by atoms with E-state index in [4.69, 9.17) is 0 Å². The van der Waals surface area contributed by atoms with E-state index in [2.05, 4.69) is 22.6 Å². The van der Waals surface area contributed by atoms with Crippen LogP contribution in [0.25, 0.3) is 0 Å². The third-order valence-corrected chi connectivity index (χ3v) is 4.94. The summed E-state index contributed by atoms with van der Waals surface area (Å²) in [7, 11) is 0. The summed E-state index contributed by atoms with van der Waals surface area (Å²) in [5, 5.41) is 19.2. The maximum Gasteiger partial charge on any atom is 0.160 e. The Morgan fingerprint density at radius 2 is 1.18 bits per heavy atom. The number of halogens is 1. The van der Waals surface area contributed by atoms with Gasteiger partial charge in [0.05, 0.1) is 0 Å². The predicted molar refractivity (Wildman–Crippen MR) is 103 cm³/mol. The summed E-state index contributed by atoms with van der Waals surface area (Å²) in [6.45, 7) is 0. The molecule has 2 nitrogen and oxygen atoms in total. The number of phenols is 2. The number of unbranched alkanes of at least 4 members (excludes halogenated alkanes) is 10. The lowest BCUT2D eigenvalue weighted by Gasteiger charge is -2.06. The molecule has 1 aromatic rings. The van der Waals surface area contributed by atoms with E-state index < -0.39 is 0 Å². The van der Waals surface area contributed by atoms with Gasteiger partial charge in [0.2, 0.25) is 0 Å². The second-order valence-corrected chi connectivity index (χ2v) is 7.19. The van der Waals surface area contributed by atoms with Gasteiger partial charge in [-0.15, -0.1) is 0 Å². The molecule has 0 atom stereocenters. The predicted octanol–water partition coefficient (Wildman–Crippen LogP) is 6.37. The molecule has 0 heterocycles. The van der Waals surface area contributed by atoms with Gasteiger partial charge in [-0.1, -0.05) is 92.5 Å². The van der Waals surface area contributed by atoms with Crippen LogP contribution in [0.3, 0.4) is 0 Å². The summed E-state index contributed by atoms with van der Waals surface area (Å²) >= 11 is 2.46. The van der Waals surface area contributed by atoms with E-state index in [1.165, 1.54) is 74.7 Å². The zero-order valence-electron chi connectivity index (χ0n) is 13.7. The van der Waals surface area contributed by atoms with Crippen molar-refractivity contribution in [3.05, 3.63) is 23.8 Å². The van der Waals surface area contributed by atoms with Gasteiger partial charge in [0.1, 0.15) is 0 Å². The first-order valence-electron chi connectivity index (χ1n) is 8.81. The Balaban J connectivity index is 1.90. The second-order valence-electron chi connectivity index (χ2n) is 6.11. The molecule has 0 aliphatic heterocycles. The van der Waals surface area contributed by atoms with Crippen LogP contribution in [-0.4, -0.2) is 14.6 Å². The summed E-state index contributed by atoms with van der Waals surface area (Å²) in [6, 6.07) is 5.22. The SMILES string of the molecule is Oc1cccc(CCCCCCCCCCCCCI)c1O. The first-order chi connectivity index (χ1) is 10.8. The van der Waals surface area contributed by atoms with Crippen molar-refractivity contribution in [1.29, 1.82) is 0 Å². The van der Waals surface area contributed by atoms with Gasteiger partial charge < -0.3 is 10.2 Å². The van der Waals surface area contributed by atoms with E-state index in [0.717, 1.165) is 18.4 Å². The van der Waals surface area contributed by atoms with E-state index in [1.807, 2.05) is 6.07 Å². The molecule has 22 heavy (non-hydrogen) atoms. The molecule has 0 bridgehead atoms. The Kier molecular flexibility index (Phi) is 11.6. The molecule has 0 aliphatic rings. The third-order valence-electron chi connectivity index (χ3n) is 4.18. The van der Waals surface area contributed by atoms with E-state index in [0.29, 0.717) is 0 Å². The highest BCUT2D eigenvalue weighted by atomic mass is 127. The number of benzene rings is 1. The van der Waals surface area contributed by atoms with Gasteiger partial charge >= 0.3 is 0 Å². The summed E-state index contributed by atoms with van der Waals surface area (Å²) in [5.74, 6) is 0.0565. The standard InChI is InChI=1S/C19H31IO2/c20-16-11-9-7-5-3-1-2-4-6-8-10-13-17-14-12-15-18(21)19(17)22/h12,14-15,21-22H,1-11,13,16H2. The Morgan fingerprint density at radius 1 is 0.682 bits per heavy atom. The van der Waals surface area contributed by atoms with Crippen LogP contribution in [0.15, 0.2) is 18.2 Å². The average Bonchev–Trinajstić information content (AvgIpc) is 2.52. The van der Waals surface area contributed by atoms with Crippen molar-refractivity contribution in [2.24, 2.45) is 0 Å². The highest BCUT2D eigenvalue weighted by molar-refractivity contribution is 14.1. The number of phenolic OH excluding ortho intramolecular Hbond substituents is 2. The fraction of sp³-hybridized carbons (Fsp3) is 0.684. The first-order valence-corrected chi connectivity index (χ1v) is 10.3. The van der Waals surface area contributed by atoms with Gasteiger partial charge in [-0.05, 0) is 35.3 Å². The molecule has 0 unspecified atom stereocenters. The molecule has 0 aliphatic carbocycles. The van der Waals surface area contributed by atoms with Crippen molar-refractivity contribution in [3.8, 4) is 11.5 Å². The lowest BCUT2D eigenvalue weighted by atomic mass is 10.0. The number of hydrogen-bond donors (Lipinski definition) is 2. The van der Waals surface area contributed by atoms with Crippen LogP contribution in [0.2, 0.25) is 0 Å². The van der Waals surface area contributed by atoms with Gasteiger partial charge in [-0.2, -0.15) is 0 Å². The van der Waals surface area contributed by atoms with Crippen LogP contribution in [-0.2, 0) is 6.42 Å².